The van der Waals surface area contributed by atoms with Gasteiger partial charge in [0.2, 0.25) is 0 Å². The van der Waals surface area contributed by atoms with Crippen molar-refractivity contribution in [2.24, 2.45) is 0 Å². The largest absolute Gasteiger partial charge is 0.356 e. The number of H-pyrrole nitrogens is 1. The fourth-order valence-electron chi connectivity index (χ4n) is 1.50. The molecule has 2 rings (SSSR count). The number of Topliss-reactive ketones (excluding diaryl/α,β-unsaturated/α-hetero) is 1. The van der Waals surface area contributed by atoms with Crippen LogP contribution in [0, 0.1) is 0 Å². The van der Waals surface area contributed by atoms with E-state index in [1.807, 2.05) is 19.2 Å². The van der Waals surface area contributed by atoms with Crippen LogP contribution >= 0.6 is 11.3 Å². The Morgan fingerprint density at radius 2 is 2.16 bits per heavy atom. The summed E-state index contributed by atoms with van der Waals surface area (Å²) < 4.78 is 0. The molecule has 0 saturated heterocycles. The van der Waals surface area contributed by atoms with Gasteiger partial charge < -0.3 is 4.98 Å². The lowest BCUT2D eigenvalue weighted by molar-refractivity contribution is 0.101. The van der Waals surface area contributed by atoms with Gasteiger partial charge in [-0.2, -0.15) is 0 Å². The van der Waals surface area contributed by atoms with E-state index in [-0.39, 0.29) is 11.7 Å². The van der Waals surface area contributed by atoms with Crippen molar-refractivity contribution in [2.75, 3.05) is 5.32 Å². The second-order valence-electron chi connectivity index (χ2n) is 4.54. The number of ketones is 1. The fraction of sp³-hybridized carbons (Fsp3) is 0.308. The average Bonchev–Trinajstić information content (AvgIpc) is 2.96. The van der Waals surface area contributed by atoms with Crippen molar-refractivity contribution < 1.29 is 9.59 Å². The first-order valence-electron chi connectivity index (χ1n) is 5.93. The van der Waals surface area contributed by atoms with Crippen molar-refractivity contribution in [3.8, 4) is 0 Å². The van der Waals surface area contributed by atoms with Crippen LogP contribution in [0.3, 0.4) is 0 Å². The van der Waals surface area contributed by atoms with Crippen LogP contribution in [-0.2, 0) is 0 Å². The van der Waals surface area contributed by atoms with Gasteiger partial charge in [0.05, 0.1) is 5.69 Å². The van der Waals surface area contributed by atoms with E-state index >= 15 is 0 Å². The van der Waals surface area contributed by atoms with Crippen molar-refractivity contribution in [3.05, 3.63) is 34.6 Å². The van der Waals surface area contributed by atoms with Crippen LogP contribution in [0.5, 0.6) is 0 Å². The van der Waals surface area contributed by atoms with Gasteiger partial charge in [-0.25, -0.2) is 4.98 Å². The molecule has 0 bridgehead atoms. The summed E-state index contributed by atoms with van der Waals surface area (Å²) in [6.45, 7) is 5.55. The van der Waals surface area contributed by atoms with E-state index in [9.17, 15) is 9.59 Å². The SMILES string of the molecule is CC(=O)c1c[nH]c(C(=O)Nc2nc(C(C)C)cs2)c1. The molecule has 19 heavy (non-hydrogen) atoms. The van der Waals surface area contributed by atoms with Gasteiger partial charge in [-0.05, 0) is 18.9 Å². The molecule has 0 saturated carbocycles. The molecule has 0 aliphatic rings. The highest BCUT2D eigenvalue weighted by molar-refractivity contribution is 7.14. The molecule has 0 aliphatic heterocycles. The number of carbonyl (C=O) groups is 2. The summed E-state index contributed by atoms with van der Waals surface area (Å²) in [5.41, 5.74) is 1.80. The number of aromatic nitrogens is 2. The minimum Gasteiger partial charge on any atom is -0.356 e. The first-order valence-corrected chi connectivity index (χ1v) is 6.81. The third kappa shape index (κ3) is 3.08. The minimum atomic E-state index is -0.294. The molecule has 0 spiro atoms. The molecule has 2 aromatic heterocycles. The number of anilines is 1. The molecule has 0 aliphatic carbocycles. The lowest BCUT2D eigenvalue weighted by atomic mass is 10.2. The number of hydrogen-bond acceptors (Lipinski definition) is 4. The van der Waals surface area contributed by atoms with Gasteiger partial charge in [-0.3, -0.25) is 14.9 Å². The third-order valence-electron chi connectivity index (χ3n) is 2.67. The molecule has 0 radical (unpaired) electrons. The first kappa shape index (κ1) is 13.5. The normalized spacial score (nSPS) is 10.7. The summed E-state index contributed by atoms with van der Waals surface area (Å²) in [7, 11) is 0. The maximum absolute atomic E-state index is 11.9. The van der Waals surface area contributed by atoms with Gasteiger partial charge in [0.25, 0.3) is 5.91 Å². The molecule has 0 fully saturated rings. The van der Waals surface area contributed by atoms with Crippen molar-refractivity contribution >= 4 is 28.2 Å². The highest BCUT2D eigenvalue weighted by atomic mass is 32.1. The van der Waals surface area contributed by atoms with Gasteiger partial charge in [-0.15, -0.1) is 11.3 Å². The van der Waals surface area contributed by atoms with Crippen LogP contribution in [0.15, 0.2) is 17.6 Å². The Morgan fingerprint density at radius 1 is 1.42 bits per heavy atom. The number of hydrogen-bond donors (Lipinski definition) is 2. The van der Waals surface area contributed by atoms with Crippen LogP contribution in [-0.4, -0.2) is 21.7 Å². The lowest BCUT2D eigenvalue weighted by Crippen LogP contribution is -2.12. The molecule has 100 valence electrons. The topological polar surface area (TPSA) is 74.8 Å². The molecular weight excluding hydrogens is 262 g/mol. The monoisotopic (exact) mass is 277 g/mol. The van der Waals surface area contributed by atoms with E-state index in [4.69, 9.17) is 0 Å². The summed E-state index contributed by atoms with van der Waals surface area (Å²) in [6.07, 6.45) is 1.53. The Bertz CT molecular complexity index is 613. The van der Waals surface area contributed by atoms with Gasteiger partial charge in [-0.1, -0.05) is 13.8 Å². The van der Waals surface area contributed by atoms with Crippen LogP contribution in [0.4, 0.5) is 5.13 Å². The van der Waals surface area contributed by atoms with Crippen molar-refractivity contribution in [3.63, 3.8) is 0 Å². The van der Waals surface area contributed by atoms with Gasteiger partial charge in [0.1, 0.15) is 5.69 Å². The molecule has 5 nitrogen and oxygen atoms in total. The molecule has 0 unspecified atom stereocenters. The Kier molecular flexibility index (Phi) is 3.80. The van der Waals surface area contributed by atoms with E-state index in [2.05, 4.69) is 15.3 Å². The second-order valence-corrected chi connectivity index (χ2v) is 5.40. The van der Waals surface area contributed by atoms with Gasteiger partial charge in [0, 0.05) is 17.1 Å². The van der Waals surface area contributed by atoms with Gasteiger partial charge >= 0.3 is 0 Å². The number of nitrogens with zero attached hydrogens (tertiary/aromatic N) is 1. The molecule has 0 aromatic carbocycles. The number of aromatic amines is 1. The third-order valence-corrected chi connectivity index (χ3v) is 3.44. The van der Waals surface area contributed by atoms with Crippen molar-refractivity contribution in [1.82, 2.24) is 9.97 Å². The van der Waals surface area contributed by atoms with E-state index in [1.54, 1.807) is 0 Å². The molecule has 2 aromatic rings. The molecular formula is C13H15N3O2S. The van der Waals surface area contributed by atoms with Crippen LogP contribution < -0.4 is 5.32 Å². The zero-order valence-electron chi connectivity index (χ0n) is 11.0. The summed E-state index contributed by atoms with van der Waals surface area (Å²) in [5, 5.41) is 5.20. The number of nitrogens with one attached hydrogen (secondary N) is 2. The summed E-state index contributed by atoms with van der Waals surface area (Å²) >= 11 is 1.39. The van der Waals surface area contributed by atoms with Gasteiger partial charge in [0.15, 0.2) is 10.9 Å². The highest BCUT2D eigenvalue weighted by Gasteiger charge is 2.13. The molecule has 2 N–H and O–H groups in total. The number of rotatable bonds is 4. The van der Waals surface area contributed by atoms with Crippen LogP contribution in [0.1, 0.15) is 53.2 Å². The quantitative estimate of drug-likeness (QED) is 0.843. The average molecular weight is 277 g/mol. The molecule has 0 atom stereocenters. The lowest BCUT2D eigenvalue weighted by Gasteiger charge is -1.99. The summed E-state index contributed by atoms with van der Waals surface area (Å²) in [6, 6.07) is 1.54. The minimum absolute atomic E-state index is 0.0772. The van der Waals surface area contributed by atoms with E-state index in [0.717, 1.165) is 5.69 Å². The summed E-state index contributed by atoms with van der Waals surface area (Å²) in [4.78, 5) is 30.2. The Labute approximate surface area is 115 Å². The maximum atomic E-state index is 11.9. The second kappa shape index (κ2) is 5.36. The van der Waals surface area contributed by atoms with Crippen molar-refractivity contribution in [1.29, 1.82) is 0 Å². The molecule has 2 heterocycles. The zero-order chi connectivity index (χ0) is 14.0. The van der Waals surface area contributed by atoms with E-state index < -0.39 is 0 Å². The smallest absolute Gasteiger partial charge is 0.273 e. The molecule has 6 heteroatoms. The van der Waals surface area contributed by atoms with Crippen LogP contribution in [0.2, 0.25) is 0 Å². The van der Waals surface area contributed by atoms with E-state index in [0.29, 0.717) is 22.3 Å². The first-order chi connectivity index (χ1) is 8.97. The zero-order valence-corrected chi connectivity index (χ0v) is 11.8. The van der Waals surface area contributed by atoms with E-state index in [1.165, 1.54) is 30.5 Å². The highest BCUT2D eigenvalue weighted by Crippen LogP contribution is 2.21. The van der Waals surface area contributed by atoms with Crippen LogP contribution in [0.25, 0.3) is 0 Å². The summed E-state index contributed by atoms with van der Waals surface area (Å²) in [5.74, 6) is -0.0412. The molecule has 1 amide bonds. The fourth-order valence-corrected chi connectivity index (χ4v) is 2.37. The number of thiazole rings is 1. The number of amides is 1. The Balaban J connectivity index is 2.09. The number of carbonyl (C=O) groups excluding carboxylic acids is 2. The standard InChI is InChI=1S/C13H15N3O2S/c1-7(2)11-6-19-13(15-11)16-12(18)10-4-9(5-14-10)8(3)17/h4-7,14H,1-3H3,(H,15,16,18). The Hall–Kier alpha value is -1.95. The predicted molar refractivity (Wildman–Crippen MR) is 75.0 cm³/mol. The van der Waals surface area contributed by atoms with Crippen molar-refractivity contribution in [2.45, 2.75) is 26.7 Å². The maximum Gasteiger partial charge on any atom is 0.273 e. The Morgan fingerprint density at radius 3 is 2.68 bits per heavy atom. The predicted octanol–water partition coefficient (Wildman–Crippen LogP) is 3.05.